The van der Waals surface area contributed by atoms with Gasteiger partial charge in [0.2, 0.25) is 11.8 Å². The average Bonchev–Trinajstić information content (AvgIpc) is 2.85. The zero-order valence-corrected chi connectivity index (χ0v) is 10.4. The number of carbonyl (C=O) groups excluding carboxylic acids is 1. The standard InChI is InChI=1S/C13H15N5O/c14-13-16-11(17-18-13)12(19)15-10-6-5-8-3-1-2-4-9(8)7-10/h1-4,10H,5-7H2,(H,15,19)(H3,14,16,17,18). The highest BCUT2D eigenvalue weighted by molar-refractivity contribution is 5.90. The van der Waals surface area contributed by atoms with E-state index in [1.807, 2.05) is 6.07 Å². The molecular formula is C13H15N5O. The van der Waals surface area contributed by atoms with Crippen molar-refractivity contribution in [2.45, 2.75) is 25.3 Å². The summed E-state index contributed by atoms with van der Waals surface area (Å²) in [4.78, 5) is 15.8. The molecule has 19 heavy (non-hydrogen) atoms. The number of anilines is 1. The summed E-state index contributed by atoms with van der Waals surface area (Å²) in [6, 6.07) is 8.47. The van der Waals surface area contributed by atoms with Crippen LogP contribution in [0.5, 0.6) is 0 Å². The van der Waals surface area contributed by atoms with Crippen LogP contribution in [0.4, 0.5) is 5.95 Å². The van der Waals surface area contributed by atoms with Gasteiger partial charge in [-0.1, -0.05) is 24.3 Å². The van der Waals surface area contributed by atoms with Crippen molar-refractivity contribution in [2.24, 2.45) is 0 Å². The first kappa shape index (κ1) is 11.7. The molecule has 3 rings (SSSR count). The molecule has 1 aliphatic rings. The Labute approximate surface area is 110 Å². The minimum Gasteiger partial charge on any atom is -0.366 e. The Morgan fingerprint density at radius 2 is 2.16 bits per heavy atom. The zero-order chi connectivity index (χ0) is 13.2. The molecule has 4 N–H and O–H groups in total. The van der Waals surface area contributed by atoms with E-state index in [0.29, 0.717) is 0 Å². The van der Waals surface area contributed by atoms with Crippen LogP contribution in [0.15, 0.2) is 24.3 Å². The number of nitrogens with zero attached hydrogens (tertiary/aromatic N) is 2. The number of rotatable bonds is 2. The van der Waals surface area contributed by atoms with Gasteiger partial charge in [0.1, 0.15) is 0 Å². The molecule has 1 atom stereocenters. The maximum atomic E-state index is 11.9. The molecule has 1 aromatic heterocycles. The maximum absolute atomic E-state index is 11.9. The van der Waals surface area contributed by atoms with Crippen molar-refractivity contribution in [3.05, 3.63) is 41.2 Å². The van der Waals surface area contributed by atoms with Crippen molar-refractivity contribution in [2.75, 3.05) is 5.73 Å². The molecule has 0 spiro atoms. The van der Waals surface area contributed by atoms with Gasteiger partial charge in [0.25, 0.3) is 5.91 Å². The fourth-order valence-corrected chi connectivity index (χ4v) is 2.45. The molecule has 6 nitrogen and oxygen atoms in total. The fraction of sp³-hybridized carbons (Fsp3) is 0.308. The van der Waals surface area contributed by atoms with Gasteiger partial charge >= 0.3 is 0 Å². The topological polar surface area (TPSA) is 96.7 Å². The van der Waals surface area contributed by atoms with Crippen LogP contribution in [-0.2, 0) is 12.8 Å². The summed E-state index contributed by atoms with van der Waals surface area (Å²) in [6.07, 6.45) is 2.78. The lowest BCUT2D eigenvalue weighted by molar-refractivity contribution is 0.0923. The van der Waals surface area contributed by atoms with E-state index < -0.39 is 0 Å². The van der Waals surface area contributed by atoms with Gasteiger partial charge in [-0.15, -0.1) is 5.10 Å². The van der Waals surface area contributed by atoms with Gasteiger partial charge in [-0.25, -0.2) is 0 Å². The molecule has 2 aromatic rings. The molecule has 0 saturated heterocycles. The summed E-state index contributed by atoms with van der Waals surface area (Å²) >= 11 is 0. The Bertz CT molecular complexity index is 607. The molecule has 0 fully saturated rings. The van der Waals surface area contributed by atoms with Gasteiger partial charge in [-0.3, -0.25) is 9.89 Å². The molecule has 1 aromatic carbocycles. The number of benzene rings is 1. The number of amides is 1. The van der Waals surface area contributed by atoms with E-state index in [0.717, 1.165) is 19.3 Å². The molecule has 0 radical (unpaired) electrons. The average molecular weight is 257 g/mol. The van der Waals surface area contributed by atoms with E-state index in [-0.39, 0.29) is 23.7 Å². The normalized spacial score (nSPS) is 17.8. The molecule has 0 aliphatic heterocycles. The molecule has 98 valence electrons. The molecule has 0 bridgehead atoms. The van der Waals surface area contributed by atoms with Crippen molar-refractivity contribution >= 4 is 11.9 Å². The number of nitrogens with two attached hydrogens (primary N) is 1. The summed E-state index contributed by atoms with van der Waals surface area (Å²) < 4.78 is 0. The predicted molar refractivity (Wildman–Crippen MR) is 70.5 cm³/mol. The Balaban J connectivity index is 1.68. The smallest absolute Gasteiger partial charge is 0.288 e. The Morgan fingerprint density at radius 3 is 2.89 bits per heavy atom. The Kier molecular flexibility index (Phi) is 2.91. The number of nitrogens with one attached hydrogen (secondary N) is 2. The van der Waals surface area contributed by atoms with E-state index in [2.05, 4.69) is 38.7 Å². The second-order valence-corrected chi connectivity index (χ2v) is 4.72. The van der Waals surface area contributed by atoms with Crippen LogP contribution in [0, 0.1) is 0 Å². The van der Waals surface area contributed by atoms with Crippen molar-refractivity contribution in [1.29, 1.82) is 0 Å². The van der Waals surface area contributed by atoms with Gasteiger partial charge in [0.15, 0.2) is 0 Å². The SMILES string of the molecule is Nc1n[nH]c(C(=O)NC2CCc3ccccc3C2)n1. The number of carbonyl (C=O) groups is 1. The number of hydrogen-bond donors (Lipinski definition) is 3. The molecular weight excluding hydrogens is 242 g/mol. The molecule has 6 heteroatoms. The van der Waals surface area contributed by atoms with Crippen molar-refractivity contribution in [1.82, 2.24) is 20.5 Å². The highest BCUT2D eigenvalue weighted by Gasteiger charge is 2.21. The van der Waals surface area contributed by atoms with E-state index >= 15 is 0 Å². The number of aromatic nitrogens is 3. The maximum Gasteiger partial charge on any atom is 0.288 e. The second kappa shape index (κ2) is 4.72. The Morgan fingerprint density at radius 1 is 1.37 bits per heavy atom. The third-order valence-corrected chi connectivity index (χ3v) is 3.40. The van der Waals surface area contributed by atoms with Crippen LogP contribution in [0.3, 0.4) is 0 Å². The number of hydrogen-bond acceptors (Lipinski definition) is 4. The highest BCUT2D eigenvalue weighted by Crippen LogP contribution is 2.21. The molecule has 1 aliphatic carbocycles. The summed E-state index contributed by atoms with van der Waals surface area (Å²) in [5.41, 5.74) is 8.05. The first-order chi connectivity index (χ1) is 9.22. The van der Waals surface area contributed by atoms with Crippen molar-refractivity contribution in [3.63, 3.8) is 0 Å². The summed E-state index contributed by atoms with van der Waals surface area (Å²) in [6.45, 7) is 0. The monoisotopic (exact) mass is 257 g/mol. The zero-order valence-electron chi connectivity index (χ0n) is 10.4. The minimum atomic E-state index is -0.256. The van der Waals surface area contributed by atoms with Crippen molar-refractivity contribution < 1.29 is 4.79 Å². The van der Waals surface area contributed by atoms with Gasteiger partial charge in [0.05, 0.1) is 0 Å². The van der Waals surface area contributed by atoms with E-state index in [4.69, 9.17) is 5.73 Å². The third kappa shape index (κ3) is 2.42. The lowest BCUT2D eigenvalue weighted by Gasteiger charge is -2.25. The van der Waals surface area contributed by atoms with Gasteiger partial charge < -0.3 is 11.1 Å². The first-order valence-corrected chi connectivity index (χ1v) is 6.28. The summed E-state index contributed by atoms with van der Waals surface area (Å²) in [7, 11) is 0. The lowest BCUT2D eigenvalue weighted by atomic mass is 9.88. The van der Waals surface area contributed by atoms with E-state index in [1.54, 1.807) is 0 Å². The van der Waals surface area contributed by atoms with Crippen LogP contribution >= 0.6 is 0 Å². The quantitative estimate of drug-likeness (QED) is 0.736. The fourth-order valence-electron chi connectivity index (χ4n) is 2.45. The predicted octanol–water partition coefficient (Wildman–Crippen LogP) is 0.674. The minimum absolute atomic E-state index is 0.0825. The van der Waals surface area contributed by atoms with Gasteiger partial charge in [0, 0.05) is 6.04 Å². The van der Waals surface area contributed by atoms with Crippen LogP contribution in [0.25, 0.3) is 0 Å². The number of nitrogen functional groups attached to an aromatic ring is 1. The van der Waals surface area contributed by atoms with Crippen LogP contribution in [0.2, 0.25) is 0 Å². The van der Waals surface area contributed by atoms with Crippen LogP contribution < -0.4 is 11.1 Å². The lowest BCUT2D eigenvalue weighted by Crippen LogP contribution is -2.39. The van der Waals surface area contributed by atoms with Crippen LogP contribution in [-0.4, -0.2) is 27.1 Å². The number of aromatic amines is 1. The van der Waals surface area contributed by atoms with Crippen molar-refractivity contribution in [3.8, 4) is 0 Å². The number of H-pyrrole nitrogens is 1. The van der Waals surface area contributed by atoms with E-state index in [1.165, 1.54) is 11.1 Å². The third-order valence-electron chi connectivity index (χ3n) is 3.40. The molecule has 1 heterocycles. The van der Waals surface area contributed by atoms with Gasteiger partial charge in [-0.2, -0.15) is 4.98 Å². The van der Waals surface area contributed by atoms with Crippen LogP contribution in [0.1, 0.15) is 28.2 Å². The van der Waals surface area contributed by atoms with Gasteiger partial charge in [-0.05, 0) is 30.4 Å². The van der Waals surface area contributed by atoms with E-state index in [9.17, 15) is 4.79 Å². The summed E-state index contributed by atoms with van der Waals surface area (Å²) in [5.74, 6) is -0.0101. The Hall–Kier alpha value is -2.37. The molecule has 1 amide bonds. The molecule has 0 saturated carbocycles. The largest absolute Gasteiger partial charge is 0.366 e. The first-order valence-electron chi connectivity index (χ1n) is 6.28. The number of aryl methyl sites for hydroxylation is 1. The molecule has 1 unspecified atom stereocenters. The second-order valence-electron chi connectivity index (χ2n) is 4.72. The summed E-state index contributed by atoms with van der Waals surface area (Å²) in [5, 5.41) is 9.12. The highest BCUT2D eigenvalue weighted by atomic mass is 16.2. The number of fused-ring (bicyclic) bond motifs is 1.